The zero-order chi connectivity index (χ0) is 22.1. The highest BCUT2D eigenvalue weighted by molar-refractivity contribution is 5.94. The molecule has 0 saturated carbocycles. The van der Waals surface area contributed by atoms with Crippen LogP contribution < -0.4 is 19.7 Å². The molecule has 2 aromatic carbocycles. The van der Waals surface area contributed by atoms with Crippen LogP contribution in [0.1, 0.15) is 38.7 Å². The van der Waals surface area contributed by atoms with Gasteiger partial charge < -0.3 is 24.5 Å². The van der Waals surface area contributed by atoms with Crippen molar-refractivity contribution in [2.24, 2.45) is 5.16 Å². The lowest BCUT2D eigenvalue weighted by molar-refractivity contribution is -0.126. The van der Waals surface area contributed by atoms with Crippen LogP contribution in [0.15, 0.2) is 47.6 Å². The summed E-state index contributed by atoms with van der Waals surface area (Å²) in [6.07, 6.45) is 4.57. The normalized spacial score (nSPS) is 14.9. The molecule has 0 aromatic heterocycles. The summed E-state index contributed by atoms with van der Waals surface area (Å²) < 4.78 is 10.8. The van der Waals surface area contributed by atoms with Gasteiger partial charge in [0.05, 0.1) is 19.9 Å². The van der Waals surface area contributed by atoms with Crippen molar-refractivity contribution in [3.05, 3.63) is 48.0 Å². The van der Waals surface area contributed by atoms with E-state index >= 15 is 0 Å². The van der Waals surface area contributed by atoms with Crippen LogP contribution in [0.3, 0.4) is 0 Å². The molecule has 1 amide bonds. The Morgan fingerprint density at radius 3 is 2.55 bits per heavy atom. The molecule has 1 fully saturated rings. The van der Waals surface area contributed by atoms with Crippen molar-refractivity contribution in [3.63, 3.8) is 0 Å². The molecule has 7 nitrogen and oxygen atoms in total. The molecule has 1 atom stereocenters. The van der Waals surface area contributed by atoms with Crippen molar-refractivity contribution < 1.29 is 19.1 Å². The lowest BCUT2D eigenvalue weighted by atomic mass is 10.1. The molecule has 166 valence electrons. The summed E-state index contributed by atoms with van der Waals surface area (Å²) in [6, 6.07) is 13.4. The summed E-state index contributed by atoms with van der Waals surface area (Å²) in [7, 11) is 1.58. The number of anilines is 2. The average Bonchev–Trinajstić information content (AvgIpc) is 2.81. The molecular formula is C24H31N3O4. The molecule has 0 spiro atoms. The number of hydrogen-bond donors (Lipinski definition) is 1. The van der Waals surface area contributed by atoms with Crippen molar-refractivity contribution in [2.75, 3.05) is 37.0 Å². The van der Waals surface area contributed by atoms with E-state index < -0.39 is 6.10 Å². The number of nitrogens with one attached hydrogen (secondary N) is 1. The lowest BCUT2D eigenvalue weighted by Crippen LogP contribution is -2.29. The number of rotatable bonds is 9. The maximum Gasteiger partial charge on any atom is 0.267 e. The Hall–Kier alpha value is -3.22. The quantitative estimate of drug-likeness (QED) is 0.474. The predicted molar refractivity (Wildman–Crippen MR) is 123 cm³/mol. The van der Waals surface area contributed by atoms with E-state index in [1.165, 1.54) is 31.2 Å². The maximum absolute atomic E-state index is 12.4. The third-order valence-electron chi connectivity index (χ3n) is 5.13. The molecule has 31 heavy (non-hydrogen) atoms. The van der Waals surface area contributed by atoms with Crippen LogP contribution in [-0.4, -0.2) is 45.0 Å². The molecule has 0 radical (unpaired) electrons. The molecule has 7 heteroatoms. The Kier molecular flexibility index (Phi) is 8.15. The molecule has 0 unspecified atom stereocenters. The second kappa shape index (κ2) is 11.2. The Morgan fingerprint density at radius 1 is 1.13 bits per heavy atom. The van der Waals surface area contributed by atoms with Crippen molar-refractivity contribution in [2.45, 2.75) is 39.2 Å². The lowest BCUT2D eigenvalue weighted by Gasteiger charge is -2.28. The minimum absolute atomic E-state index is 0.257. The highest BCUT2D eigenvalue weighted by atomic mass is 16.6. The molecule has 1 aliphatic rings. The molecule has 1 saturated heterocycles. The van der Waals surface area contributed by atoms with E-state index in [-0.39, 0.29) is 5.91 Å². The Morgan fingerprint density at radius 2 is 1.87 bits per heavy atom. The minimum atomic E-state index is -0.734. The minimum Gasteiger partial charge on any atom is -0.493 e. The van der Waals surface area contributed by atoms with Crippen molar-refractivity contribution in [1.82, 2.24) is 0 Å². The van der Waals surface area contributed by atoms with Gasteiger partial charge >= 0.3 is 0 Å². The fourth-order valence-corrected chi connectivity index (χ4v) is 3.42. The van der Waals surface area contributed by atoms with Crippen LogP contribution in [-0.2, 0) is 9.63 Å². The first-order valence-electron chi connectivity index (χ1n) is 10.8. The largest absolute Gasteiger partial charge is 0.493 e. The number of methoxy groups -OCH3 is 1. The van der Waals surface area contributed by atoms with Crippen molar-refractivity contribution >= 4 is 23.5 Å². The standard InChI is InChI=1S/C24H31N3O4/c1-4-30-22-13-8-19(16-23(22)29-3)17-25-31-18(2)24(28)26-20-9-11-21(12-10-20)27-14-6-5-7-15-27/h8-13,16-18H,4-7,14-15H2,1-3H3,(H,26,28)/b25-17-/t18-/m0/s1. The zero-order valence-electron chi connectivity index (χ0n) is 18.5. The van der Waals surface area contributed by atoms with Crippen LogP contribution in [0.5, 0.6) is 11.5 Å². The molecule has 0 aliphatic carbocycles. The topological polar surface area (TPSA) is 72.4 Å². The van der Waals surface area contributed by atoms with Crippen LogP contribution >= 0.6 is 0 Å². The average molecular weight is 426 g/mol. The number of benzene rings is 2. The highest BCUT2D eigenvalue weighted by Gasteiger charge is 2.15. The second-order valence-electron chi connectivity index (χ2n) is 7.41. The van der Waals surface area contributed by atoms with E-state index in [9.17, 15) is 4.79 Å². The molecule has 2 aromatic rings. The monoisotopic (exact) mass is 425 g/mol. The van der Waals surface area contributed by atoms with Gasteiger partial charge in [0, 0.05) is 30.0 Å². The predicted octanol–water partition coefficient (Wildman–Crippen LogP) is 4.46. The van der Waals surface area contributed by atoms with Crippen LogP contribution in [0.4, 0.5) is 11.4 Å². The Labute approximate surface area is 184 Å². The van der Waals surface area contributed by atoms with Crippen molar-refractivity contribution in [1.29, 1.82) is 0 Å². The zero-order valence-corrected chi connectivity index (χ0v) is 18.5. The summed E-state index contributed by atoms with van der Waals surface area (Å²) in [5.41, 5.74) is 2.71. The number of hydrogen-bond acceptors (Lipinski definition) is 6. The van der Waals surface area contributed by atoms with Gasteiger partial charge in [0.2, 0.25) is 6.10 Å². The number of nitrogens with zero attached hydrogens (tertiary/aromatic N) is 2. The molecule has 1 N–H and O–H groups in total. The van der Waals surface area contributed by atoms with E-state index in [0.29, 0.717) is 18.1 Å². The van der Waals surface area contributed by atoms with E-state index in [4.69, 9.17) is 14.3 Å². The van der Waals surface area contributed by atoms with E-state index in [1.54, 1.807) is 20.1 Å². The number of carbonyl (C=O) groups is 1. The number of amides is 1. The van der Waals surface area contributed by atoms with Gasteiger partial charge in [-0.15, -0.1) is 0 Å². The number of oxime groups is 1. The first kappa shape index (κ1) is 22.5. The third-order valence-corrected chi connectivity index (χ3v) is 5.13. The fourth-order valence-electron chi connectivity index (χ4n) is 3.42. The summed E-state index contributed by atoms with van der Waals surface area (Å²) in [6.45, 7) is 6.32. The Balaban J connectivity index is 1.51. The molecular weight excluding hydrogens is 394 g/mol. The summed E-state index contributed by atoms with van der Waals surface area (Å²) >= 11 is 0. The van der Waals surface area contributed by atoms with E-state index in [0.717, 1.165) is 24.3 Å². The van der Waals surface area contributed by atoms with Gasteiger partial charge in [0.1, 0.15) is 0 Å². The number of ether oxygens (including phenoxy) is 2. The first-order valence-corrected chi connectivity index (χ1v) is 10.8. The fraction of sp³-hybridized carbons (Fsp3) is 0.417. The Bertz CT molecular complexity index is 877. The molecule has 3 rings (SSSR count). The van der Waals surface area contributed by atoms with Crippen LogP contribution in [0.25, 0.3) is 0 Å². The molecule has 0 bridgehead atoms. The first-order chi connectivity index (χ1) is 15.1. The highest BCUT2D eigenvalue weighted by Crippen LogP contribution is 2.27. The van der Waals surface area contributed by atoms with Gasteiger partial charge in [-0.25, -0.2) is 0 Å². The third kappa shape index (κ3) is 6.38. The van der Waals surface area contributed by atoms with Gasteiger partial charge in [0.15, 0.2) is 11.5 Å². The molecule has 1 heterocycles. The van der Waals surface area contributed by atoms with Gasteiger partial charge in [0.25, 0.3) is 5.91 Å². The van der Waals surface area contributed by atoms with Gasteiger partial charge in [-0.05, 0) is 75.6 Å². The SMILES string of the molecule is CCOc1ccc(/C=N\O[C@@H](C)C(=O)Nc2ccc(N3CCCCC3)cc2)cc1OC. The maximum atomic E-state index is 12.4. The number of carbonyl (C=O) groups excluding carboxylic acids is 1. The van der Waals surface area contributed by atoms with E-state index in [2.05, 4.69) is 15.4 Å². The number of piperidine rings is 1. The van der Waals surface area contributed by atoms with Gasteiger partial charge in [-0.2, -0.15) is 0 Å². The van der Waals surface area contributed by atoms with Crippen molar-refractivity contribution in [3.8, 4) is 11.5 Å². The van der Waals surface area contributed by atoms with Crippen LogP contribution in [0.2, 0.25) is 0 Å². The summed E-state index contributed by atoms with van der Waals surface area (Å²) in [5.74, 6) is 1.03. The van der Waals surface area contributed by atoms with E-state index in [1.807, 2.05) is 43.3 Å². The molecule has 1 aliphatic heterocycles. The van der Waals surface area contributed by atoms with Gasteiger partial charge in [-0.3, -0.25) is 4.79 Å². The summed E-state index contributed by atoms with van der Waals surface area (Å²) in [4.78, 5) is 20.1. The smallest absolute Gasteiger partial charge is 0.267 e. The van der Waals surface area contributed by atoms with Crippen LogP contribution in [0, 0.1) is 0 Å². The second-order valence-corrected chi connectivity index (χ2v) is 7.41. The summed E-state index contributed by atoms with van der Waals surface area (Å²) in [5, 5.41) is 6.81. The van der Waals surface area contributed by atoms with Gasteiger partial charge in [-0.1, -0.05) is 5.16 Å².